The molecule has 0 amide bonds. The van der Waals surface area contributed by atoms with E-state index in [9.17, 15) is 4.39 Å². The van der Waals surface area contributed by atoms with E-state index < -0.39 is 5.54 Å². The molecular weight excluding hydrogens is 165 g/mol. The Balaban J connectivity index is 3.32. The Hall–Kier alpha value is -0.890. The Bertz CT molecular complexity index is 324. The lowest BCUT2D eigenvalue weighted by Crippen LogP contribution is -2.29. The first kappa shape index (κ1) is 10.2. The van der Waals surface area contributed by atoms with Crippen LogP contribution in [0.4, 0.5) is 4.39 Å². The van der Waals surface area contributed by atoms with Crippen LogP contribution in [0.5, 0.6) is 0 Å². The maximum absolute atomic E-state index is 13.1. The number of aryl methyl sites for hydroxylation is 2. The van der Waals surface area contributed by atoms with Crippen molar-refractivity contribution in [3.63, 3.8) is 0 Å². The zero-order chi connectivity index (χ0) is 10.2. The third-order valence-corrected chi connectivity index (χ3v) is 2.20. The molecule has 0 saturated heterocycles. The Kier molecular flexibility index (Phi) is 2.44. The zero-order valence-electron chi connectivity index (χ0n) is 8.61. The number of nitrogens with two attached hydrogens (primary N) is 1. The molecule has 0 unspecified atom stereocenters. The second kappa shape index (κ2) is 3.11. The minimum absolute atomic E-state index is 0.162. The minimum atomic E-state index is -0.400. The van der Waals surface area contributed by atoms with Crippen molar-refractivity contribution in [1.29, 1.82) is 0 Å². The van der Waals surface area contributed by atoms with E-state index in [4.69, 9.17) is 5.73 Å². The lowest BCUT2D eigenvalue weighted by atomic mass is 9.90. The smallest absolute Gasteiger partial charge is 0.126 e. The summed E-state index contributed by atoms with van der Waals surface area (Å²) in [6, 6.07) is 3.37. The van der Waals surface area contributed by atoms with Crippen LogP contribution in [0.2, 0.25) is 0 Å². The molecule has 0 aliphatic rings. The molecule has 1 aromatic rings. The van der Waals surface area contributed by atoms with Gasteiger partial charge in [0.25, 0.3) is 0 Å². The van der Waals surface area contributed by atoms with Gasteiger partial charge in [0.05, 0.1) is 0 Å². The van der Waals surface area contributed by atoms with Crippen LogP contribution >= 0.6 is 0 Å². The first-order chi connectivity index (χ1) is 5.82. The van der Waals surface area contributed by atoms with Crippen LogP contribution in [-0.4, -0.2) is 0 Å². The summed E-state index contributed by atoms with van der Waals surface area (Å²) >= 11 is 0. The zero-order valence-corrected chi connectivity index (χ0v) is 8.61. The summed E-state index contributed by atoms with van der Waals surface area (Å²) in [5, 5.41) is 0. The highest BCUT2D eigenvalue weighted by atomic mass is 19.1. The predicted octanol–water partition coefficient (Wildman–Crippen LogP) is 2.64. The van der Waals surface area contributed by atoms with Gasteiger partial charge in [-0.2, -0.15) is 0 Å². The molecule has 0 bridgehead atoms. The second-order valence-electron chi connectivity index (χ2n) is 4.14. The molecule has 0 radical (unpaired) electrons. The molecule has 0 aliphatic carbocycles. The standard InChI is InChI=1S/C11H16FN/c1-7-6-10(12)8(2)5-9(7)11(3,4)13/h5-6H,13H2,1-4H3. The lowest BCUT2D eigenvalue weighted by Gasteiger charge is -2.22. The molecule has 0 saturated carbocycles. The van der Waals surface area contributed by atoms with Crippen LogP contribution < -0.4 is 5.73 Å². The monoisotopic (exact) mass is 181 g/mol. The summed E-state index contributed by atoms with van der Waals surface area (Å²) in [6.07, 6.45) is 0. The van der Waals surface area contributed by atoms with Gasteiger partial charge in [-0.15, -0.1) is 0 Å². The van der Waals surface area contributed by atoms with Crippen molar-refractivity contribution in [3.05, 3.63) is 34.6 Å². The normalized spacial score (nSPS) is 11.8. The second-order valence-corrected chi connectivity index (χ2v) is 4.14. The number of hydrogen-bond donors (Lipinski definition) is 1. The fourth-order valence-electron chi connectivity index (χ4n) is 1.48. The van der Waals surface area contributed by atoms with Crippen molar-refractivity contribution in [3.8, 4) is 0 Å². The molecule has 0 spiro atoms. The van der Waals surface area contributed by atoms with Crippen molar-refractivity contribution in [2.24, 2.45) is 5.73 Å². The van der Waals surface area contributed by atoms with Gasteiger partial charge in [0.2, 0.25) is 0 Å². The topological polar surface area (TPSA) is 26.0 Å². The van der Waals surface area contributed by atoms with Gasteiger partial charge in [0, 0.05) is 5.54 Å². The van der Waals surface area contributed by atoms with Gasteiger partial charge >= 0.3 is 0 Å². The third kappa shape index (κ3) is 2.07. The van der Waals surface area contributed by atoms with Crippen LogP contribution in [0.25, 0.3) is 0 Å². The largest absolute Gasteiger partial charge is 0.322 e. The van der Waals surface area contributed by atoms with Crippen LogP contribution in [0.3, 0.4) is 0 Å². The number of rotatable bonds is 1. The van der Waals surface area contributed by atoms with E-state index in [1.54, 1.807) is 13.0 Å². The Morgan fingerprint density at radius 3 is 2.15 bits per heavy atom. The van der Waals surface area contributed by atoms with Crippen molar-refractivity contribution < 1.29 is 4.39 Å². The molecule has 0 heterocycles. The molecule has 0 atom stereocenters. The van der Waals surface area contributed by atoms with Gasteiger partial charge in [0.1, 0.15) is 5.82 Å². The first-order valence-electron chi connectivity index (χ1n) is 4.38. The minimum Gasteiger partial charge on any atom is -0.322 e. The molecule has 1 rings (SSSR count). The van der Waals surface area contributed by atoms with Crippen LogP contribution in [-0.2, 0) is 5.54 Å². The molecule has 13 heavy (non-hydrogen) atoms. The molecule has 72 valence electrons. The molecule has 0 aromatic heterocycles. The van der Waals surface area contributed by atoms with Crippen molar-refractivity contribution in [1.82, 2.24) is 0 Å². The van der Waals surface area contributed by atoms with E-state index in [-0.39, 0.29) is 5.82 Å². The first-order valence-corrected chi connectivity index (χ1v) is 4.38. The van der Waals surface area contributed by atoms with Gasteiger partial charge in [0.15, 0.2) is 0 Å². The van der Waals surface area contributed by atoms with Gasteiger partial charge in [-0.05, 0) is 50.5 Å². The van der Waals surface area contributed by atoms with Gasteiger partial charge < -0.3 is 5.73 Å². The summed E-state index contributed by atoms with van der Waals surface area (Å²) in [6.45, 7) is 7.48. The maximum Gasteiger partial charge on any atom is 0.126 e. The van der Waals surface area contributed by atoms with Crippen molar-refractivity contribution >= 4 is 0 Å². The van der Waals surface area contributed by atoms with Crippen LogP contribution in [0.1, 0.15) is 30.5 Å². The average Bonchev–Trinajstić information content (AvgIpc) is 1.94. The fraction of sp³-hybridized carbons (Fsp3) is 0.455. The summed E-state index contributed by atoms with van der Waals surface area (Å²) < 4.78 is 13.1. The summed E-state index contributed by atoms with van der Waals surface area (Å²) in [7, 11) is 0. The summed E-state index contributed by atoms with van der Waals surface area (Å²) in [4.78, 5) is 0. The lowest BCUT2D eigenvalue weighted by molar-refractivity contribution is 0.544. The van der Waals surface area contributed by atoms with Gasteiger partial charge in [-0.1, -0.05) is 6.07 Å². The molecule has 0 fully saturated rings. The highest BCUT2D eigenvalue weighted by Crippen LogP contribution is 2.23. The van der Waals surface area contributed by atoms with E-state index in [2.05, 4.69) is 0 Å². The van der Waals surface area contributed by atoms with Crippen LogP contribution in [0.15, 0.2) is 12.1 Å². The van der Waals surface area contributed by atoms with Crippen molar-refractivity contribution in [2.75, 3.05) is 0 Å². The predicted molar refractivity (Wildman–Crippen MR) is 53.1 cm³/mol. The van der Waals surface area contributed by atoms with Crippen molar-refractivity contribution in [2.45, 2.75) is 33.2 Å². The Morgan fingerprint density at radius 2 is 1.69 bits per heavy atom. The van der Waals surface area contributed by atoms with E-state index >= 15 is 0 Å². The molecule has 0 aliphatic heterocycles. The number of benzene rings is 1. The molecule has 2 heteroatoms. The molecule has 2 N–H and O–H groups in total. The van der Waals surface area contributed by atoms with E-state index in [1.165, 1.54) is 0 Å². The van der Waals surface area contributed by atoms with E-state index in [1.807, 2.05) is 26.8 Å². The molecule has 1 aromatic carbocycles. The van der Waals surface area contributed by atoms with Crippen LogP contribution in [0, 0.1) is 19.7 Å². The quantitative estimate of drug-likeness (QED) is 0.708. The Morgan fingerprint density at radius 1 is 1.15 bits per heavy atom. The van der Waals surface area contributed by atoms with E-state index in [0.29, 0.717) is 5.56 Å². The molecular formula is C11H16FN. The highest BCUT2D eigenvalue weighted by Gasteiger charge is 2.17. The third-order valence-electron chi connectivity index (χ3n) is 2.20. The summed E-state index contributed by atoms with van der Waals surface area (Å²) in [5.74, 6) is -0.162. The SMILES string of the molecule is Cc1cc(C(C)(C)N)c(C)cc1F. The Labute approximate surface area is 78.8 Å². The molecule has 1 nitrogen and oxygen atoms in total. The summed E-state index contributed by atoms with van der Waals surface area (Å²) in [5.41, 5.74) is 8.12. The maximum atomic E-state index is 13.1. The van der Waals surface area contributed by atoms with E-state index in [0.717, 1.165) is 11.1 Å². The van der Waals surface area contributed by atoms with Gasteiger partial charge in [-0.3, -0.25) is 0 Å². The average molecular weight is 181 g/mol. The fourth-order valence-corrected chi connectivity index (χ4v) is 1.48. The number of halogens is 1. The van der Waals surface area contributed by atoms with Gasteiger partial charge in [-0.25, -0.2) is 4.39 Å². The highest BCUT2D eigenvalue weighted by molar-refractivity contribution is 5.35. The number of hydrogen-bond acceptors (Lipinski definition) is 1.